The van der Waals surface area contributed by atoms with Gasteiger partial charge < -0.3 is 10.2 Å². The van der Waals surface area contributed by atoms with E-state index in [2.05, 4.69) is 34.3 Å². The van der Waals surface area contributed by atoms with Crippen LogP contribution in [0, 0.1) is 5.92 Å². The molecule has 0 atom stereocenters. The molecule has 0 saturated heterocycles. The van der Waals surface area contributed by atoms with Crippen molar-refractivity contribution in [2.75, 3.05) is 26.0 Å². The van der Waals surface area contributed by atoms with E-state index in [0.717, 1.165) is 22.8 Å². The first-order valence-electron chi connectivity index (χ1n) is 7.84. The molecule has 0 aromatic carbocycles. The Morgan fingerprint density at radius 2 is 1.90 bits per heavy atom. The third kappa shape index (κ3) is 3.70. The zero-order valence-electron chi connectivity index (χ0n) is 12.9. The predicted octanol–water partition coefficient (Wildman–Crippen LogP) is 3.16. The highest BCUT2D eigenvalue weighted by Gasteiger charge is 2.21. The van der Waals surface area contributed by atoms with Gasteiger partial charge in [-0.3, -0.25) is 4.98 Å². The molecule has 1 saturated carbocycles. The lowest BCUT2D eigenvalue weighted by Gasteiger charge is -2.31. The quantitative estimate of drug-likeness (QED) is 0.936. The molecule has 0 aliphatic heterocycles. The molecular weight excluding hydrogens is 260 g/mol. The second-order valence-corrected chi connectivity index (χ2v) is 6.36. The maximum absolute atomic E-state index is 4.65. The van der Waals surface area contributed by atoms with Crippen LogP contribution in [-0.4, -0.2) is 41.5 Å². The summed E-state index contributed by atoms with van der Waals surface area (Å²) < 4.78 is 0. The minimum atomic E-state index is 0.560. The Morgan fingerprint density at radius 1 is 1.10 bits per heavy atom. The molecule has 0 amide bonds. The molecule has 0 unspecified atom stereocenters. The number of fused-ring (bicyclic) bond motifs is 1. The molecule has 2 aromatic rings. The number of nitrogens with zero attached hydrogens (tertiary/aromatic N) is 3. The molecule has 4 nitrogen and oxygen atoms in total. The molecule has 112 valence electrons. The molecule has 3 rings (SSSR count). The Kier molecular flexibility index (Phi) is 4.34. The van der Waals surface area contributed by atoms with Crippen LogP contribution in [-0.2, 0) is 0 Å². The SMILES string of the molecule is CN(C)C[C@H]1CC[C@@H](Nc2ccc3ncccc3n2)CC1. The summed E-state index contributed by atoms with van der Waals surface area (Å²) in [4.78, 5) is 11.3. The van der Waals surface area contributed by atoms with Crippen LogP contribution in [0.1, 0.15) is 25.7 Å². The van der Waals surface area contributed by atoms with Crippen molar-refractivity contribution < 1.29 is 0 Å². The third-order valence-corrected chi connectivity index (χ3v) is 4.28. The second-order valence-electron chi connectivity index (χ2n) is 6.36. The fraction of sp³-hybridized carbons (Fsp3) is 0.529. The van der Waals surface area contributed by atoms with Gasteiger partial charge in [0.2, 0.25) is 0 Å². The van der Waals surface area contributed by atoms with E-state index >= 15 is 0 Å². The normalized spacial score (nSPS) is 22.6. The zero-order valence-corrected chi connectivity index (χ0v) is 12.9. The van der Waals surface area contributed by atoms with Crippen LogP contribution in [0.15, 0.2) is 30.5 Å². The van der Waals surface area contributed by atoms with E-state index in [0.29, 0.717) is 6.04 Å². The van der Waals surface area contributed by atoms with E-state index in [1.165, 1.54) is 32.2 Å². The van der Waals surface area contributed by atoms with Crippen molar-refractivity contribution >= 4 is 16.9 Å². The molecule has 2 heterocycles. The number of nitrogens with one attached hydrogen (secondary N) is 1. The largest absolute Gasteiger partial charge is 0.367 e. The van der Waals surface area contributed by atoms with Gasteiger partial charge in [0.15, 0.2) is 0 Å². The van der Waals surface area contributed by atoms with Gasteiger partial charge in [-0.15, -0.1) is 0 Å². The molecule has 4 heteroatoms. The van der Waals surface area contributed by atoms with Crippen molar-refractivity contribution in [2.45, 2.75) is 31.7 Å². The summed E-state index contributed by atoms with van der Waals surface area (Å²) >= 11 is 0. The monoisotopic (exact) mass is 284 g/mol. The van der Waals surface area contributed by atoms with E-state index in [4.69, 9.17) is 0 Å². The first-order chi connectivity index (χ1) is 10.2. The number of rotatable bonds is 4. The van der Waals surface area contributed by atoms with Crippen molar-refractivity contribution in [3.05, 3.63) is 30.5 Å². The number of hydrogen-bond donors (Lipinski definition) is 1. The molecule has 1 fully saturated rings. The minimum Gasteiger partial charge on any atom is -0.367 e. The molecule has 0 radical (unpaired) electrons. The average molecular weight is 284 g/mol. The maximum atomic E-state index is 4.65. The van der Waals surface area contributed by atoms with Crippen LogP contribution >= 0.6 is 0 Å². The van der Waals surface area contributed by atoms with Gasteiger partial charge in [0.1, 0.15) is 5.82 Å². The number of anilines is 1. The summed E-state index contributed by atoms with van der Waals surface area (Å²) in [5, 5.41) is 3.59. The van der Waals surface area contributed by atoms with Gasteiger partial charge in [-0.2, -0.15) is 0 Å². The van der Waals surface area contributed by atoms with Gasteiger partial charge in [-0.05, 0) is 70.0 Å². The summed E-state index contributed by atoms with van der Waals surface area (Å²) in [6.07, 6.45) is 6.91. The highest BCUT2D eigenvalue weighted by atomic mass is 15.1. The summed E-state index contributed by atoms with van der Waals surface area (Å²) in [5.74, 6) is 1.83. The van der Waals surface area contributed by atoms with E-state index in [1.807, 2.05) is 30.5 Å². The molecule has 21 heavy (non-hydrogen) atoms. The molecular formula is C17H24N4. The predicted molar refractivity (Wildman–Crippen MR) is 87.5 cm³/mol. The lowest BCUT2D eigenvalue weighted by Crippen LogP contribution is -2.31. The lowest BCUT2D eigenvalue weighted by molar-refractivity contribution is 0.255. The smallest absolute Gasteiger partial charge is 0.126 e. The lowest BCUT2D eigenvalue weighted by atomic mass is 9.86. The van der Waals surface area contributed by atoms with Crippen molar-refractivity contribution in [1.29, 1.82) is 0 Å². The van der Waals surface area contributed by atoms with E-state index in [9.17, 15) is 0 Å². The van der Waals surface area contributed by atoms with E-state index < -0.39 is 0 Å². The summed E-state index contributed by atoms with van der Waals surface area (Å²) in [5.41, 5.74) is 1.92. The fourth-order valence-corrected chi connectivity index (χ4v) is 3.25. The van der Waals surface area contributed by atoms with Gasteiger partial charge in [0, 0.05) is 18.8 Å². The fourth-order valence-electron chi connectivity index (χ4n) is 3.25. The van der Waals surface area contributed by atoms with Crippen LogP contribution in [0.5, 0.6) is 0 Å². The topological polar surface area (TPSA) is 41.0 Å². The number of hydrogen-bond acceptors (Lipinski definition) is 4. The highest BCUT2D eigenvalue weighted by Crippen LogP contribution is 2.27. The third-order valence-electron chi connectivity index (χ3n) is 4.28. The minimum absolute atomic E-state index is 0.560. The van der Waals surface area contributed by atoms with Crippen LogP contribution in [0.25, 0.3) is 11.0 Å². The number of pyridine rings is 2. The molecule has 1 N–H and O–H groups in total. The van der Waals surface area contributed by atoms with Crippen molar-refractivity contribution in [3.63, 3.8) is 0 Å². The van der Waals surface area contributed by atoms with Crippen LogP contribution in [0.4, 0.5) is 5.82 Å². The summed E-state index contributed by atoms with van der Waals surface area (Å²) in [6, 6.07) is 8.60. The average Bonchev–Trinajstić information content (AvgIpc) is 2.49. The summed E-state index contributed by atoms with van der Waals surface area (Å²) in [7, 11) is 4.33. The first-order valence-corrected chi connectivity index (χ1v) is 7.84. The van der Waals surface area contributed by atoms with Crippen LogP contribution < -0.4 is 5.32 Å². The zero-order chi connectivity index (χ0) is 14.7. The van der Waals surface area contributed by atoms with Gasteiger partial charge in [0.25, 0.3) is 0 Å². The van der Waals surface area contributed by atoms with E-state index in [-0.39, 0.29) is 0 Å². The van der Waals surface area contributed by atoms with Gasteiger partial charge >= 0.3 is 0 Å². The Labute approximate surface area is 126 Å². The van der Waals surface area contributed by atoms with E-state index in [1.54, 1.807) is 0 Å². The second kappa shape index (κ2) is 6.39. The Hall–Kier alpha value is -1.68. The molecule has 1 aliphatic carbocycles. The van der Waals surface area contributed by atoms with Gasteiger partial charge in [-0.25, -0.2) is 4.98 Å². The number of aromatic nitrogens is 2. The standard InChI is InChI=1S/C17H24N4/c1-21(2)12-13-5-7-14(8-6-13)19-17-10-9-15-16(20-17)4-3-11-18-15/h3-4,9-11,13-14H,5-8,12H2,1-2H3,(H,19,20)/t13-,14+. The Balaban J connectivity index is 1.59. The molecule has 0 bridgehead atoms. The molecule has 2 aromatic heterocycles. The van der Waals surface area contributed by atoms with Gasteiger partial charge in [-0.1, -0.05) is 0 Å². The van der Waals surface area contributed by atoms with Crippen molar-refractivity contribution in [2.24, 2.45) is 5.92 Å². The molecule has 0 spiro atoms. The molecule has 1 aliphatic rings. The van der Waals surface area contributed by atoms with Crippen molar-refractivity contribution in [3.8, 4) is 0 Å². The highest BCUT2D eigenvalue weighted by molar-refractivity contribution is 5.75. The van der Waals surface area contributed by atoms with Crippen molar-refractivity contribution in [1.82, 2.24) is 14.9 Å². The van der Waals surface area contributed by atoms with Gasteiger partial charge in [0.05, 0.1) is 11.0 Å². The Morgan fingerprint density at radius 3 is 2.67 bits per heavy atom. The Bertz CT molecular complexity index is 588. The summed E-state index contributed by atoms with van der Waals surface area (Å²) in [6.45, 7) is 1.21. The maximum Gasteiger partial charge on any atom is 0.126 e. The first kappa shape index (κ1) is 14.3. The van der Waals surface area contributed by atoms with Crippen LogP contribution in [0.3, 0.4) is 0 Å². The van der Waals surface area contributed by atoms with Crippen LogP contribution in [0.2, 0.25) is 0 Å².